The lowest BCUT2D eigenvalue weighted by Crippen LogP contribution is -2.28. The number of aromatic nitrogens is 2. The summed E-state index contributed by atoms with van der Waals surface area (Å²) < 4.78 is 32.8. The van der Waals surface area contributed by atoms with E-state index in [-0.39, 0.29) is 17.7 Å². The smallest absolute Gasteiger partial charge is 0.268 e. The predicted octanol–water partition coefficient (Wildman–Crippen LogP) is 5.81. The average molecular weight is 554 g/mol. The molecule has 5 rings (SSSR count). The second kappa shape index (κ2) is 12.4. The summed E-state index contributed by atoms with van der Waals surface area (Å²) >= 11 is 0. The maximum Gasteiger partial charge on any atom is 0.268 e. The van der Waals surface area contributed by atoms with E-state index in [0.717, 1.165) is 0 Å². The number of anilines is 1. The summed E-state index contributed by atoms with van der Waals surface area (Å²) in [5.41, 5.74) is 1.59. The number of methoxy groups -OCH3 is 2. The van der Waals surface area contributed by atoms with Crippen LogP contribution in [0.1, 0.15) is 15.9 Å². The van der Waals surface area contributed by atoms with Crippen LogP contribution in [0.5, 0.6) is 17.2 Å². The van der Waals surface area contributed by atoms with E-state index in [1.165, 1.54) is 16.7 Å². The van der Waals surface area contributed by atoms with Crippen molar-refractivity contribution in [3.8, 4) is 22.9 Å². The molecule has 0 saturated carbocycles. The Bertz CT molecular complexity index is 1750. The van der Waals surface area contributed by atoms with Crippen molar-refractivity contribution in [2.45, 2.75) is 6.42 Å². The summed E-state index contributed by atoms with van der Waals surface area (Å²) in [6, 6.07) is 22.0. The van der Waals surface area contributed by atoms with Crippen LogP contribution in [0, 0.1) is 5.82 Å². The van der Waals surface area contributed by atoms with Crippen LogP contribution in [0.3, 0.4) is 0 Å². The molecule has 2 aromatic heterocycles. The minimum absolute atomic E-state index is 0.00224. The number of para-hydroxylation sites is 1. The molecule has 2 heterocycles. The molecule has 0 fully saturated rings. The highest BCUT2D eigenvalue weighted by Crippen LogP contribution is 2.32. The Kier molecular flexibility index (Phi) is 8.36. The average Bonchev–Trinajstić information content (AvgIpc) is 2.99. The third-order valence-electron chi connectivity index (χ3n) is 6.52. The Labute approximate surface area is 236 Å². The van der Waals surface area contributed by atoms with Gasteiger partial charge in [-0.25, -0.2) is 4.39 Å². The van der Waals surface area contributed by atoms with Crippen LogP contribution in [0.4, 0.5) is 10.1 Å². The first-order valence-corrected chi connectivity index (χ1v) is 12.9. The standard InChI is InChI=1S/C32H28FN3O5/c1-39-17-15-35-26-13-16-36(22-6-4-3-5-7-22)32(38)31(26)28(37)19-21-8-11-30(25(33)18-21)41-29-12-14-34-27-20-23(40-2)9-10-24(27)29/h3-14,16,18,20,35H,15,17,19H2,1-2H3. The highest BCUT2D eigenvalue weighted by Gasteiger charge is 2.20. The zero-order valence-electron chi connectivity index (χ0n) is 22.6. The zero-order valence-corrected chi connectivity index (χ0v) is 22.6. The van der Waals surface area contributed by atoms with Crippen molar-refractivity contribution in [1.29, 1.82) is 0 Å². The van der Waals surface area contributed by atoms with Crippen molar-refractivity contribution in [1.82, 2.24) is 9.55 Å². The minimum atomic E-state index is -0.637. The second-order valence-corrected chi connectivity index (χ2v) is 9.19. The van der Waals surface area contributed by atoms with Crippen LogP contribution < -0.4 is 20.3 Å². The normalized spacial score (nSPS) is 10.9. The number of fused-ring (bicyclic) bond motifs is 1. The molecule has 0 unspecified atom stereocenters. The number of carbonyl (C=O) groups is 1. The third kappa shape index (κ3) is 6.10. The summed E-state index contributed by atoms with van der Waals surface area (Å²) in [4.78, 5) is 31.3. The molecule has 3 aromatic carbocycles. The molecule has 9 heteroatoms. The topological polar surface area (TPSA) is 91.7 Å². The maximum atomic E-state index is 15.2. The van der Waals surface area contributed by atoms with Crippen LogP contribution in [-0.4, -0.2) is 42.7 Å². The van der Waals surface area contributed by atoms with Crippen molar-refractivity contribution in [2.75, 3.05) is 32.7 Å². The predicted molar refractivity (Wildman–Crippen MR) is 155 cm³/mol. The van der Waals surface area contributed by atoms with Gasteiger partial charge in [-0.1, -0.05) is 24.3 Å². The lowest BCUT2D eigenvalue weighted by Gasteiger charge is -2.14. The van der Waals surface area contributed by atoms with E-state index in [1.807, 2.05) is 18.2 Å². The molecule has 0 aliphatic carbocycles. The SMILES string of the molecule is COCCNc1ccn(-c2ccccc2)c(=O)c1C(=O)Cc1ccc(Oc2ccnc3cc(OC)ccc23)c(F)c1. The van der Waals surface area contributed by atoms with E-state index >= 15 is 4.39 Å². The number of pyridine rings is 2. The van der Waals surface area contributed by atoms with Gasteiger partial charge < -0.3 is 19.5 Å². The quantitative estimate of drug-likeness (QED) is 0.163. The van der Waals surface area contributed by atoms with Gasteiger partial charge in [0.25, 0.3) is 5.56 Å². The van der Waals surface area contributed by atoms with Crippen molar-refractivity contribution < 1.29 is 23.4 Å². The number of hydrogen-bond acceptors (Lipinski definition) is 7. The molecular weight excluding hydrogens is 525 g/mol. The molecule has 208 valence electrons. The van der Waals surface area contributed by atoms with Gasteiger partial charge in [0, 0.05) is 49.6 Å². The number of hydrogen-bond donors (Lipinski definition) is 1. The first kappa shape index (κ1) is 27.5. The Balaban J connectivity index is 1.41. The molecule has 5 aromatic rings. The van der Waals surface area contributed by atoms with E-state index in [0.29, 0.717) is 52.5 Å². The van der Waals surface area contributed by atoms with Crippen LogP contribution in [0.15, 0.2) is 96.1 Å². The Morgan fingerprint density at radius 3 is 2.56 bits per heavy atom. The van der Waals surface area contributed by atoms with Gasteiger partial charge in [-0.15, -0.1) is 0 Å². The highest BCUT2D eigenvalue weighted by molar-refractivity contribution is 6.02. The van der Waals surface area contributed by atoms with E-state index in [4.69, 9.17) is 14.2 Å². The Hall–Kier alpha value is -5.02. The molecule has 1 N–H and O–H groups in total. The number of carbonyl (C=O) groups excluding carboxylic acids is 1. The summed E-state index contributed by atoms with van der Waals surface area (Å²) in [6.07, 6.45) is 3.01. The molecule has 0 saturated heterocycles. The number of ketones is 1. The maximum absolute atomic E-state index is 15.2. The van der Waals surface area contributed by atoms with E-state index in [9.17, 15) is 9.59 Å². The summed E-state index contributed by atoms with van der Waals surface area (Å²) in [5, 5.41) is 3.80. The number of ether oxygens (including phenoxy) is 3. The number of Topliss-reactive ketones (excluding diaryl/α,β-unsaturated/α-hetero) is 1. The van der Waals surface area contributed by atoms with Gasteiger partial charge in [-0.2, -0.15) is 0 Å². The fourth-order valence-corrected chi connectivity index (χ4v) is 4.48. The number of halogens is 1. The van der Waals surface area contributed by atoms with Gasteiger partial charge in [0.2, 0.25) is 0 Å². The molecule has 0 radical (unpaired) electrons. The van der Waals surface area contributed by atoms with Gasteiger partial charge in [0.15, 0.2) is 17.3 Å². The van der Waals surface area contributed by atoms with Crippen molar-refractivity contribution in [3.05, 3.63) is 119 Å². The zero-order chi connectivity index (χ0) is 28.8. The van der Waals surface area contributed by atoms with Crippen LogP contribution in [0.2, 0.25) is 0 Å². The van der Waals surface area contributed by atoms with E-state index < -0.39 is 17.2 Å². The molecule has 0 bridgehead atoms. The molecule has 0 spiro atoms. The van der Waals surface area contributed by atoms with Crippen LogP contribution in [0.25, 0.3) is 16.6 Å². The van der Waals surface area contributed by atoms with Gasteiger partial charge in [0.05, 0.1) is 24.9 Å². The lowest BCUT2D eigenvalue weighted by molar-refractivity contribution is 0.0992. The first-order valence-electron chi connectivity index (χ1n) is 12.9. The highest BCUT2D eigenvalue weighted by atomic mass is 19.1. The lowest BCUT2D eigenvalue weighted by atomic mass is 10.0. The molecule has 0 aliphatic heterocycles. The summed E-state index contributed by atoms with van der Waals surface area (Å²) in [5.74, 6) is -0.00634. The molecule has 8 nitrogen and oxygen atoms in total. The van der Waals surface area contributed by atoms with E-state index in [2.05, 4.69) is 10.3 Å². The number of nitrogens with zero attached hydrogens (tertiary/aromatic N) is 2. The van der Waals surface area contributed by atoms with Gasteiger partial charge >= 0.3 is 0 Å². The molecule has 0 aliphatic rings. The molecule has 41 heavy (non-hydrogen) atoms. The van der Waals surface area contributed by atoms with Crippen LogP contribution in [-0.2, 0) is 11.2 Å². The van der Waals surface area contributed by atoms with Crippen LogP contribution >= 0.6 is 0 Å². The largest absolute Gasteiger partial charge is 0.497 e. The molecule has 0 amide bonds. The van der Waals surface area contributed by atoms with Gasteiger partial charge in [-0.05, 0) is 54.1 Å². The summed E-state index contributed by atoms with van der Waals surface area (Å²) in [7, 11) is 3.13. The van der Waals surface area contributed by atoms with Gasteiger partial charge in [0.1, 0.15) is 17.1 Å². The molecular formula is C32H28FN3O5. The first-order chi connectivity index (χ1) is 20.0. The number of nitrogens with one attached hydrogen (secondary N) is 1. The van der Waals surface area contributed by atoms with Crippen molar-refractivity contribution >= 4 is 22.4 Å². The fourth-order valence-electron chi connectivity index (χ4n) is 4.48. The van der Waals surface area contributed by atoms with Gasteiger partial charge in [-0.3, -0.25) is 19.1 Å². The Morgan fingerprint density at radius 1 is 0.976 bits per heavy atom. The van der Waals surface area contributed by atoms with Crippen molar-refractivity contribution in [2.24, 2.45) is 0 Å². The third-order valence-corrected chi connectivity index (χ3v) is 6.52. The van der Waals surface area contributed by atoms with Crippen molar-refractivity contribution in [3.63, 3.8) is 0 Å². The minimum Gasteiger partial charge on any atom is -0.497 e. The number of benzene rings is 3. The summed E-state index contributed by atoms with van der Waals surface area (Å²) in [6.45, 7) is 0.797. The fraction of sp³-hybridized carbons (Fsp3) is 0.156. The Morgan fingerprint density at radius 2 is 1.80 bits per heavy atom. The second-order valence-electron chi connectivity index (χ2n) is 9.19. The monoisotopic (exact) mass is 553 g/mol. The number of rotatable bonds is 11. The molecule has 0 atom stereocenters. The van der Waals surface area contributed by atoms with E-state index in [1.54, 1.807) is 75.1 Å².